The Morgan fingerprint density at radius 1 is 1.45 bits per heavy atom. The van der Waals surface area contributed by atoms with Crippen molar-refractivity contribution in [2.24, 2.45) is 11.7 Å². The molecular formula is C13H16F2N4O. The third-order valence-corrected chi connectivity index (χ3v) is 3.40. The van der Waals surface area contributed by atoms with Crippen LogP contribution in [0.15, 0.2) is 23.0 Å². The summed E-state index contributed by atoms with van der Waals surface area (Å²) in [4.78, 5) is 11.8. The van der Waals surface area contributed by atoms with Crippen LogP contribution in [0.3, 0.4) is 0 Å². The molecule has 0 amide bonds. The van der Waals surface area contributed by atoms with Gasteiger partial charge in [0.1, 0.15) is 11.6 Å². The Morgan fingerprint density at radius 2 is 2.15 bits per heavy atom. The zero-order valence-electron chi connectivity index (χ0n) is 11.2. The number of hydrogen-bond donors (Lipinski definition) is 2. The van der Waals surface area contributed by atoms with Gasteiger partial charge in [-0.05, 0) is 18.1 Å². The van der Waals surface area contributed by atoms with E-state index in [0.717, 1.165) is 17.1 Å². The van der Waals surface area contributed by atoms with E-state index in [1.807, 2.05) is 13.8 Å². The lowest BCUT2D eigenvalue weighted by Gasteiger charge is -2.18. The summed E-state index contributed by atoms with van der Waals surface area (Å²) in [6.45, 7) is 3.87. The summed E-state index contributed by atoms with van der Waals surface area (Å²) in [5.41, 5.74) is 5.36. The summed E-state index contributed by atoms with van der Waals surface area (Å²) >= 11 is 0. The molecule has 2 rings (SSSR count). The third kappa shape index (κ3) is 2.49. The lowest BCUT2D eigenvalue weighted by Crippen LogP contribution is -2.26. The molecule has 1 heterocycles. The van der Waals surface area contributed by atoms with E-state index in [9.17, 15) is 13.6 Å². The average molecular weight is 282 g/mol. The molecular weight excluding hydrogens is 266 g/mol. The fourth-order valence-corrected chi connectivity index (χ4v) is 1.94. The largest absolute Gasteiger partial charge is 0.348 e. The van der Waals surface area contributed by atoms with Crippen LogP contribution in [0, 0.1) is 17.6 Å². The number of nitrogens with two attached hydrogens (primary N) is 1. The minimum Gasteiger partial charge on any atom is -0.321 e. The fraction of sp³-hybridized carbons (Fsp3) is 0.385. The van der Waals surface area contributed by atoms with Crippen molar-refractivity contribution in [3.8, 4) is 5.69 Å². The second-order valence-corrected chi connectivity index (χ2v) is 4.73. The van der Waals surface area contributed by atoms with E-state index in [4.69, 9.17) is 5.73 Å². The van der Waals surface area contributed by atoms with Crippen molar-refractivity contribution in [3.63, 3.8) is 0 Å². The highest BCUT2D eigenvalue weighted by Crippen LogP contribution is 2.22. The number of aromatic amines is 1. The van der Waals surface area contributed by atoms with Crippen LogP contribution in [0.5, 0.6) is 0 Å². The van der Waals surface area contributed by atoms with E-state index in [2.05, 4.69) is 10.2 Å². The molecule has 7 heteroatoms. The Balaban J connectivity index is 2.57. The van der Waals surface area contributed by atoms with Crippen LogP contribution in [0.4, 0.5) is 8.78 Å². The zero-order valence-corrected chi connectivity index (χ0v) is 11.2. The van der Waals surface area contributed by atoms with Gasteiger partial charge in [-0.15, -0.1) is 0 Å². The maximum atomic E-state index is 13.8. The van der Waals surface area contributed by atoms with Crippen LogP contribution in [0.25, 0.3) is 5.69 Å². The molecule has 0 saturated carbocycles. The van der Waals surface area contributed by atoms with Crippen molar-refractivity contribution < 1.29 is 8.78 Å². The quantitative estimate of drug-likeness (QED) is 0.899. The lowest BCUT2D eigenvalue weighted by molar-refractivity contribution is 0.432. The molecule has 2 atom stereocenters. The molecule has 0 aliphatic heterocycles. The molecule has 0 bridgehead atoms. The molecule has 1 aromatic heterocycles. The Bertz CT molecular complexity index is 665. The highest BCUT2D eigenvalue weighted by molar-refractivity contribution is 5.35. The summed E-state index contributed by atoms with van der Waals surface area (Å²) in [6.07, 6.45) is 0.786. The fourth-order valence-electron chi connectivity index (χ4n) is 1.94. The molecule has 0 fully saturated rings. The molecule has 0 spiro atoms. The van der Waals surface area contributed by atoms with Crippen LogP contribution in [-0.4, -0.2) is 14.8 Å². The number of aromatic nitrogens is 3. The van der Waals surface area contributed by atoms with E-state index in [0.29, 0.717) is 6.07 Å². The van der Waals surface area contributed by atoms with Crippen molar-refractivity contribution >= 4 is 0 Å². The predicted molar refractivity (Wildman–Crippen MR) is 70.5 cm³/mol. The number of nitrogens with zero attached hydrogens (tertiary/aromatic N) is 2. The van der Waals surface area contributed by atoms with E-state index in [1.165, 1.54) is 6.07 Å². The van der Waals surface area contributed by atoms with E-state index >= 15 is 0 Å². The molecule has 20 heavy (non-hydrogen) atoms. The van der Waals surface area contributed by atoms with Crippen LogP contribution in [0.1, 0.15) is 32.1 Å². The highest BCUT2D eigenvalue weighted by Gasteiger charge is 2.23. The van der Waals surface area contributed by atoms with Gasteiger partial charge in [-0.3, -0.25) is 0 Å². The minimum absolute atomic E-state index is 0.0625. The van der Waals surface area contributed by atoms with Gasteiger partial charge in [0.2, 0.25) is 0 Å². The number of benzene rings is 1. The standard InChI is InChI=1S/C13H16F2N4O/c1-3-7(2)11(16)12-17-18-13(20)19(12)10-5-4-8(14)6-9(10)15/h4-7,11H,3,16H2,1-2H3,(H,18,20)/t7-,11-/m0/s1. The number of rotatable bonds is 4. The van der Waals surface area contributed by atoms with Gasteiger partial charge in [-0.1, -0.05) is 20.3 Å². The Labute approximate surface area is 114 Å². The normalized spacial score (nSPS) is 14.2. The van der Waals surface area contributed by atoms with E-state index in [-0.39, 0.29) is 17.4 Å². The first kappa shape index (κ1) is 14.4. The van der Waals surface area contributed by atoms with Gasteiger partial charge in [0, 0.05) is 6.07 Å². The highest BCUT2D eigenvalue weighted by atomic mass is 19.1. The maximum absolute atomic E-state index is 13.8. The first-order valence-electron chi connectivity index (χ1n) is 6.34. The number of H-pyrrole nitrogens is 1. The molecule has 0 unspecified atom stereocenters. The molecule has 5 nitrogen and oxygen atoms in total. The molecule has 0 aliphatic carbocycles. The average Bonchev–Trinajstić information content (AvgIpc) is 2.79. The van der Waals surface area contributed by atoms with Crippen molar-refractivity contribution in [1.82, 2.24) is 14.8 Å². The second kappa shape index (κ2) is 5.54. The van der Waals surface area contributed by atoms with Crippen molar-refractivity contribution in [1.29, 1.82) is 0 Å². The van der Waals surface area contributed by atoms with Crippen molar-refractivity contribution in [2.45, 2.75) is 26.3 Å². The monoisotopic (exact) mass is 282 g/mol. The van der Waals surface area contributed by atoms with Crippen LogP contribution in [0.2, 0.25) is 0 Å². The van der Waals surface area contributed by atoms with E-state index in [1.54, 1.807) is 0 Å². The van der Waals surface area contributed by atoms with Gasteiger partial charge < -0.3 is 5.73 Å². The summed E-state index contributed by atoms with van der Waals surface area (Å²) in [5, 5.41) is 6.12. The van der Waals surface area contributed by atoms with Crippen molar-refractivity contribution in [3.05, 3.63) is 46.1 Å². The lowest BCUT2D eigenvalue weighted by atomic mass is 9.99. The Morgan fingerprint density at radius 3 is 2.75 bits per heavy atom. The van der Waals surface area contributed by atoms with Gasteiger partial charge in [-0.25, -0.2) is 23.2 Å². The smallest absolute Gasteiger partial charge is 0.321 e. The van der Waals surface area contributed by atoms with Crippen LogP contribution >= 0.6 is 0 Å². The molecule has 108 valence electrons. The van der Waals surface area contributed by atoms with Gasteiger partial charge in [-0.2, -0.15) is 5.10 Å². The van der Waals surface area contributed by atoms with Gasteiger partial charge in [0.05, 0.1) is 11.7 Å². The summed E-state index contributed by atoms with van der Waals surface area (Å²) in [5.74, 6) is -1.26. The topological polar surface area (TPSA) is 76.7 Å². The number of nitrogens with one attached hydrogen (secondary N) is 1. The van der Waals surface area contributed by atoms with Gasteiger partial charge in [0.15, 0.2) is 5.82 Å². The zero-order chi connectivity index (χ0) is 14.9. The van der Waals surface area contributed by atoms with E-state index < -0.39 is 23.4 Å². The molecule has 0 radical (unpaired) electrons. The Hall–Kier alpha value is -2.02. The molecule has 2 aromatic rings. The SMILES string of the molecule is CC[C@H](C)[C@H](N)c1n[nH]c(=O)n1-c1ccc(F)cc1F. The second-order valence-electron chi connectivity index (χ2n) is 4.73. The summed E-state index contributed by atoms with van der Waals surface area (Å²) < 4.78 is 27.8. The number of halogens is 2. The first-order valence-corrected chi connectivity index (χ1v) is 6.34. The van der Waals surface area contributed by atoms with Crippen molar-refractivity contribution in [2.75, 3.05) is 0 Å². The first-order chi connectivity index (χ1) is 9.45. The molecule has 3 N–H and O–H groups in total. The summed E-state index contributed by atoms with van der Waals surface area (Å²) in [6, 6.07) is 2.46. The maximum Gasteiger partial charge on any atom is 0.348 e. The van der Waals surface area contributed by atoms with Gasteiger partial charge in [0.25, 0.3) is 0 Å². The predicted octanol–water partition coefficient (Wildman–Crippen LogP) is 1.88. The third-order valence-electron chi connectivity index (χ3n) is 3.40. The summed E-state index contributed by atoms with van der Waals surface area (Å²) in [7, 11) is 0. The molecule has 0 aliphatic rings. The number of hydrogen-bond acceptors (Lipinski definition) is 3. The van der Waals surface area contributed by atoms with Crippen LogP contribution in [-0.2, 0) is 0 Å². The molecule has 1 aromatic carbocycles. The van der Waals surface area contributed by atoms with Crippen LogP contribution < -0.4 is 11.4 Å². The Kier molecular flexibility index (Phi) is 3.99. The minimum atomic E-state index is -0.842. The van der Waals surface area contributed by atoms with Gasteiger partial charge >= 0.3 is 5.69 Å². The molecule has 0 saturated heterocycles.